The molecule has 0 aliphatic carbocycles. The highest BCUT2D eigenvalue weighted by Gasteiger charge is 2.35. The number of rotatable bonds is 7. The van der Waals surface area contributed by atoms with E-state index in [1.54, 1.807) is 18.2 Å². The van der Waals surface area contributed by atoms with Crippen LogP contribution >= 0.6 is 0 Å². The fourth-order valence-electron chi connectivity index (χ4n) is 4.31. The third-order valence-corrected chi connectivity index (χ3v) is 7.22. The van der Waals surface area contributed by atoms with Crippen LogP contribution in [0.1, 0.15) is 36.2 Å². The van der Waals surface area contributed by atoms with Crippen LogP contribution in [-0.2, 0) is 21.2 Å². The number of hydrogen-bond acceptors (Lipinski definition) is 6. The third-order valence-electron chi connectivity index (χ3n) is 5.91. The molecule has 2 aliphatic rings. The largest absolute Gasteiger partial charge is 0.478 e. The van der Waals surface area contributed by atoms with Crippen LogP contribution in [0.4, 0.5) is 5.69 Å². The average Bonchev–Trinajstić information content (AvgIpc) is 3.17. The number of hydrogen-bond donors (Lipinski definition) is 3. The minimum Gasteiger partial charge on any atom is -0.478 e. The smallest absolute Gasteiger partial charge is 0.335 e. The molecule has 0 spiro atoms. The normalized spacial score (nSPS) is 23.2. The Bertz CT molecular complexity index is 926. The molecule has 31 heavy (non-hydrogen) atoms. The van der Waals surface area contributed by atoms with Gasteiger partial charge in [-0.1, -0.05) is 13.8 Å². The summed E-state index contributed by atoms with van der Waals surface area (Å²) in [4.78, 5) is 26.5. The van der Waals surface area contributed by atoms with E-state index in [-0.39, 0.29) is 23.6 Å². The molecule has 0 bridgehead atoms. The highest BCUT2D eigenvalue weighted by atomic mass is 32.2. The molecule has 2 heterocycles. The molecule has 0 radical (unpaired) electrons. The van der Waals surface area contributed by atoms with Crippen molar-refractivity contribution in [2.45, 2.75) is 38.8 Å². The molecule has 0 unspecified atom stereocenters. The number of benzene rings is 1. The van der Waals surface area contributed by atoms with Crippen LogP contribution < -0.4 is 10.6 Å². The van der Waals surface area contributed by atoms with Crippen LogP contribution in [0.5, 0.6) is 0 Å². The number of piperazine rings is 1. The van der Waals surface area contributed by atoms with Crippen molar-refractivity contribution in [1.82, 2.24) is 14.5 Å². The van der Waals surface area contributed by atoms with Gasteiger partial charge in [0.2, 0.25) is 15.9 Å². The van der Waals surface area contributed by atoms with Crippen LogP contribution in [0.25, 0.3) is 0 Å². The zero-order valence-electron chi connectivity index (χ0n) is 18.3. The number of aromatic carboxylic acids is 1. The van der Waals surface area contributed by atoms with Gasteiger partial charge in [0.1, 0.15) is 0 Å². The molecular formula is C21H32N4O5S. The van der Waals surface area contributed by atoms with Crippen LogP contribution in [0.2, 0.25) is 0 Å². The fourth-order valence-corrected chi connectivity index (χ4v) is 5.14. The molecule has 3 rings (SSSR count). The maximum absolute atomic E-state index is 12.8. The van der Waals surface area contributed by atoms with Gasteiger partial charge < -0.3 is 15.7 Å². The molecule has 3 N–H and O–H groups in total. The van der Waals surface area contributed by atoms with Crippen molar-refractivity contribution in [3.05, 3.63) is 29.3 Å². The molecule has 10 heteroatoms. The van der Waals surface area contributed by atoms with E-state index in [1.165, 1.54) is 10.6 Å². The third kappa shape index (κ3) is 6.03. The fraction of sp³-hybridized carbons (Fsp3) is 0.619. The van der Waals surface area contributed by atoms with Gasteiger partial charge in [-0.15, -0.1) is 0 Å². The minimum absolute atomic E-state index is 0.143. The zero-order valence-corrected chi connectivity index (χ0v) is 19.1. The topological polar surface area (TPSA) is 119 Å². The number of nitrogens with zero attached hydrogens (tertiary/aromatic N) is 2. The second kappa shape index (κ2) is 9.64. The molecule has 2 atom stereocenters. The van der Waals surface area contributed by atoms with E-state index in [2.05, 4.69) is 15.5 Å². The average molecular weight is 453 g/mol. The Balaban J connectivity index is 1.58. The van der Waals surface area contributed by atoms with Crippen molar-refractivity contribution < 1.29 is 23.1 Å². The first-order valence-corrected chi connectivity index (χ1v) is 12.5. The number of carboxylic acids is 1. The predicted molar refractivity (Wildman–Crippen MR) is 119 cm³/mol. The predicted octanol–water partition coefficient (Wildman–Crippen LogP) is 0.830. The summed E-state index contributed by atoms with van der Waals surface area (Å²) in [7, 11) is -3.16. The van der Waals surface area contributed by atoms with Crippen molar-refractivity contribution in [1.29, 1.82) is 0 Å². The monoisotopic (exact) mass is 452 g/mol. The molecule has 1 aromatic rings. The summed E-state index contributed by atoms with van der Waals surface area (Å²) in [6.45, 7) is 6.98. The lowest BCUT2D eigenvalue weighted by atomic mass is 9.97. The van der Waals surface area contributed by atoms with Gasteiger partial charge >= 0.3 is 5.97 Å². The summed E-state index contributed by atoms with van der Waals surface area (Å²) in [5.41, 5.74) is 1.57. The lowest BCUT2D eigenvalue weighted by Gasteiger charge is -2.36. The van der Waals surface area contributed by atoms with Crippen molar-refractivity contribution in [2.75, 3.05) is 44.3 Å². The highest BCUT2D eigenvalue weighted by Crippen LogP contribution is 2.22. The Labute approximate surface area is 183 Å². The number of sulfonamides is 1. The van der Waals surface area contributed by atoms with Crippen molar-refractivity contribution >= 4 is 27.6 Å². The summed E-state index contributed by atoms with van der Waals surface area (Å²) in [6, 6.07) is 4.76. The summed E-state index contributed by atoms with van der Waals surface area (Å²) in [5, 5.41) is 15.6. The Morgan fingerprint density at radius 2 is 1.90 bits per heavy atom. The lowest BCUT2D eigenvalue weighted by Crippen LogP contribution is -2.52. The van der Waals surface area contributed by atoms with Gasteiger partial charge in [-0.2, -0.15) is 4.31 Å². The quantitative estimate of drug-likeness (QED) is 0.561. The number of nitrogens with one attached hydrogen (secondary N) is 2. The number of anilines is 1. The first-order valence-electron chi connectivity index (χ1n) is 10.6. The summed E-state index contributed by atoms with van der Waals surface area (Å²) in [5.74, 6) is -0.815. The first-order chi connectivity index (χ1) is 14.5. The van der Waals surface area contributed by atoms with E-state index in [9.17, 15) is 23.1 Å². The van der Waals surface area contributed by atoms with Gasteiger partial charge in [0, 0.05) is 44.5 Å². The second-order valence-corrected chi connectivity index (χ2v) is 10.8. The van der Waals surface area contributed by atoms with Gasteiger partial charge in [-0.3, -0.25) is 9.69 Å². The maximum atomic E-state index is 12.8. The second-order valence-electron chi connectivity index (χ2n) is 8.81. The molecular weight excluding hydrogens is 420 g/mol. The Hall–Kier alpha value is -2.01. The molecule has 2 aliphatic heterocycles. The van der Waals surface area contributed by atoms with Gasteiger partial charge in [0.05, 0.1) is 17.9 Å². The summed E-state index contributed by atoms with van der Waals surface area (Å²) < 4.78 is 24.9. The van der Waals surface area contributed by atoms with Gasteiger partial charge in [-0.05, 0) is 42.5 Å². The van der Waals surface area contributed by atoms with Crippen LogP contribution in [0, 0.1) is 5.92 Å². The van der Waals surface area contributed by atoms with E-state index < -0.39 is 16.0 Å². The Morgan fingerprint density at radius 3 is 2.48 bits per heavy atom. The summed E-state index contributed by atoms with van der Waals surface area (Å²) in [6.07, 6.45) is 2.50. The zero-order chi connectivity index (χ0) is 22.8. The Morgan fingerprint density at radius 1 is 1.23 bits per heavy atom. The number of carbonyl (C=O) groups is 2. The molecule has 1 aromatic carbocycles. The number of amides is 1. The van der Waals surface area contributed by atoms with Crippen LogP contribution in [0.15, 0.2) is 18.2 Å². The SMILES string of the molecule is CC(C)Cc1cc(NC(=O)[C@@H]2C[C@H](N3CCN(S(C)(=O)=O)CC3)CN2)ccc1C(=O)O. The van der Waals surface area contributed by atoms with Crippen molar-refractivity contribution in [2.24, 2.45) is 5.92 Å². The molecule has 2 saturated heterocycles. The van der Waals surface area contributed by atoms with Crippen molar-refractivity contribution in [3.63, 3.8) is 0 Å². The van der Waals surface area contributed by atoms with Gasteiger partial charge in [0.25, 0.3) is 0 Å². The number of carbonyl (C=O) groups excluding carboxylic acids is 1. The lowest BCUT2D eigenvalue weighted by molar-refractivity contribution is -0.117. The molecule has 0 saturated carbocycles. The maximum Gasteiger partial charge on any atom is 0.335 e. The number of carboxylic acid groups (broad SMARTS) is 1. The molecule has 2 fully saturated rings. The minimum atomic E-state index is -3.16. The summed E-state index contributed by atoms with van der Waals surface area (Å²) >= 11 is 0. The molecule has 1 amide bonds. The van der Waals surface area contributed by atoms with E-state index in [1.807, 2.05) is 13.8 Å². The first kappa shape index (κ1) is 23.6. The van der Waals surface area contributed by atoms with E-state index >= 15 is 0 Å². The van der Waals surface area contributed by atoms with E-state index in [0.717, 1.165) is 0 Å². The van der Waals surface area contributed by atoms with Crippen molar-refractivity contribution in [3.8, 4) is 0 Å². The van der Waals surface area contributed by atoms with Crippen LogP contribution in [-0.4, -0.2) is 85.7 Å². The standard InChI is InChI=1S/C21H32N4O5S/c1-14(2)10-15-11-16(4-5-18(15)21(27)28)23-20(26)19-12-17(13-22-19)24-6-8-25(9-7-24)31(3,29)30/h4-5,11,14,17,19,22H,6-10,12-13H2,1-3H3,(H,23,26)(H,27,28)/t17-,19-/m0/s1. The van der Waals surface area contributed by atoms with Crippen LogP contribution in [0.3, 0.4) is 0 Å². The Kier molecular flexibility index (Phi) is 7.35. The van der Waals surface area contributed by atoms with E-state index in [4.69, 9.17) is 0 Å². The van der Waals surface area contributed by atoms with Gasteiger partial charge in [0.15, 0.2) is 0 Å². The molecule has 9 nitrogen and oxygen atoms in total. The molecule has 172 valence electrons. The highest BCUT2D eigenvalue weighted by molar-refractivity contribution is 7.88. The van der Waals surface area contributed by atoms with Gasteiger partial charge in [-0.25, -0.2) is 13.2 Å². The van der Waals surface area contributed by atoms with E-state index in [0.29, 0.717) is 62.7 Å². The molecule has 0 aromatic heterocycles.